The number of aromatic nitrogens is 2. The minimum Gasteiger partial charge on any atom is -0.379 e. The maximum atomic E-state index is 5.70. The Hall–Kier alpha value is -0.910. The molecule has 0 saturated heterocycles. The van der Waals surface area contributed by atoms with E-state index >= 15 is 0 Å². The molecule has 3 N–H and O–H groups in total. The van der Waals surface area contributed by atoms with Crippen molar-refractivity contribution in [1.29, 1.82) is 0 Å². The first kappa shape index (κ1) is 12.5. The number of rotatable bonds is 7. The number of hydrogen-bond acceptors (Lipinski definition) is 4. The van der Waals surface area contributed by atoms with Gasteiger partial charge in [-0.25, -0.2) is 5.43 Å². The highest BCUT2D eigenvalue weighted by atomic mass is 16.5. The Bertz CT molecular complexity index is 348. The van der Waals surface area contributed by atoms with Gasteiger partial charge in [0.2, 0.25) is 0 Å². The van der Waals surface area contributed by atoms with Gasteiger partial charge >= 0.3 is 0 Å². The smallest absolute Gasteiger partial charge is 0.0892 e. The monoisotopic (exact) mass is 238 g/mol. The summed E-state index contributed by atoms with van der Waals surface area (Å²) in [5.41, 5.74) is 4.01. The van der Waals surface area contributed by atoms with E-state index in [1.165, 1.54) is 12.8 Å². The van der Waals surface area contributed by atoms with Crippen molar-refractivity contribution in [3.8, 4) is 0 Å². The second kappa shape index (κ2) is 5.62. The third-order valence-electron chi connectivity index (χ3n) is 3.37. The molecule has 1 aliphatic carbocycles. The minimum atomic E-state index is 0.0292. The van der Waals surface area contributed by atoms with Crippen LogP contribution < -0.4 is 11.3 Å². The van der Waals surface area contributed by atoms with Gasteiger partial charge in [0.05, 0.1) is 17.8 Å². The molecule has 1 aliphatic rings. The van der Waals surface area contributed by atoms with Crippen LogP contribution in [0, 0.1) is 5.92 Å². The molecule has 1 aromatic rings. The van der Waals surface area contributed by atoms with E-state index in [0.717, 1.165) is 18.7 Å². The highest BCUT2D eigenvalue weighted by Crippen LogP contribution is 2.39. The van der Waals surface area contributed by atoms with E-state index < -0.39 is 0 Å². The molecular formula is C12H22N4O. The van der Waals surface area contributed by atoms with Gasteiger partial charge in [0.25, 0.3) is 0 Å². The molecule has 17 heavy (non-hydrogen) atoms. The van der Waals surface area contributed by atoms with Crippen molar-refractivity contribution in [2.45, 2.75) is 44.9 Å². The SMILES string of the molecule is CCCn1nccc1C(NN)C(OC)C1CC1. The standard InChI is InChI=1S/C12H22N4O/c1-3-8-16-10(6-7-14-16)11(15-13)12(17-2)9-4-5-9/h6-7,9,11-12,15H,3-5,8,13H2,1-2H3. The molecule has 0 amide bonds. The highest BCUT2D eigenvalue weighted by molar-refractivity contribution is 5.11. The summed E-state index contributed by atoms with van der Waals surface area (Å²) in [7, 11) is 1.76. The van der Waals surface area contributed by atoms with E-state index in [1.54, 1.807) is 7.11 Å². The molecule has 1 saturated carbocycles. The van der Waals surface area contributed by atoms with Crippen molar-refractivity contribution in [3.63, 3.8) is 0 Å². The molecule has 5 nitrogen and oxygen atoms in total. The quantitative estimate of drug-likeness (QED) is 0.554. The number of nitrogens with zero attached hydrogens (tertiary/aromatic N) is 2. The second-order valence-corrected chi connectivity index (χ2v) is 4.66. The van der Waals surface area contributed by atoms with Gasteiger partial charge in [-0.1, -0.05) is 6.92 Å². The first-order chi connectivity index (χ1) is 8.31. The average Bonchev–Trinajstić information content (AvgIpc) is 3.07. The number of nitrogens with one attached hydrogen (secondary N) is 1. The lowest BCUT2D eigenvalue weighted by Gasteiger charge is -2.26. The summed E-state index contributed by atoms with van der Waals surface area (Å²) < 4.78 is 7.61. The fraction of sp³-hybridized carbons (Fsp3) is 0.750. The molecule has 0 bridgehead atoms. The van der Waals surface area contributed by atoms with Gasteiger partial charge in [0.15, 0.2) is 0 Å². The van der Waals surface area contributed by atoms with E-state index in [0.29, 0.717) is 5.92 Å². The Morgan fingerprint density at radius 2 is 2.41 bits per heavy atom. The van der Waals surface area contributed by atoms with E-state index in [4.69, 9.17) is 10.6 Å². The predicted octanol–water partition coefficient (Wildman–Crippen LogP) is 1.22. The number of aryl methyl sites for hydroxylation is 1. The van der Waals surface area contributed by atoms with E-state index in [1.807, 2.05) is 16.9 Å². The predicted molar refractivity (Wildman–Crippen MR) is 66.1 cm³/mol. The molecule has 1 heterocycles. The summed E-state index contributed by atoms with van der Waals surface area (Å²) in [6.07, 6.45) is 5.51. The van der Waals surface area contributed by atoms with Crippen molar-refractivity contribution >= 4 is 0 Å². The van der Waals surface area contributed by atoms with Gasteiger partial charge in [-0.15, -0.1) is 0 Å². The van der Waals surface area contributed by atoms with E-state index in [9.17, 15) is 0 Å². The summed E-state index contributed by atoms with van der Waals surface area (Å²) in [5.74, 6) is 6.33. The van der Waals surface area contributed by atoms with Crippen LogP contribution in [0.15, 0.2) is 12.3 Å². The Kier molecular flexibility index (Phi) is 4.15. The van der Waals surface area contributed by atoms with Crippen molar-refractivity contribution in [1.82, 2.24) is 15.2 Å². The fourth-order valence-corrected chi connectivity index (χ4v) is 2.38. The molecule has 5 heteroatoms. The van der Waals surface area contributed by atoms with Gasteiger partial charge in [-0.05, 0) is 31.2 Å². The fourth-order valence-electron chi connectivity index (χ4n) is 2.38. The van der Waals surface area contributed by atoms with Crippen LogP contribution in [-0.4, -0.2) is 23.0 Å². The van der Waals surface area contributed by atoms with Crippen LogP contribution in [0.5, 0.6) is 0 Å². The molecule has 0 aromatic carbocycles. The van der Waals surface area contributed by atoms with Gasteiger partial charge in [0, 0.05) is 19.9 Å². The number of hydrogen-bond donors (Lipinski definition) is 2. The zero-order chi connectivity index (χ0) is 12.3. The van der Waals surface area contributed by atoms with Crippen molar-refractivity contribution in [3.05, 3.63) is 18.0 Å². The second-order valence-electron chi connectivity index (χ2n) is 4.66. The summed E-state index contributed by atoms with van der Waals surface area (Å²) in [4.78, 5) is 0. The van der Waals surface area contributed by atoms with Crippen LogP contribution in [-0.2, 0) is 11.3 Å². The molecule has 0 radical (unpaired) electrons. The maximum absolute atomic E-state index is 5.70. The third kappa shape index (κ3) is 2.68. The van der Waals surface area contributed by atoms with Crippen molar-refractivity contribution in [2.75, 3.05) is 7.11 Å². The maximum Gasteiger partial charge on any atom is 0.0892 e. The molecular weight excluding hydrogens is 216 g/mol. The largest absolute Gasteiger partial charge is 0.379 e. The molecule has 2 unspecified atom stereocenters. The van der Waals surface area contributed by atoms with Gasteiger partial charge in [-0.2, -0.15) is 5.10 Å². The lowest BCUT2D eigenvalue weighted by atomic mass is 10.0. The van der Waals surface area contributed by atoms with Crippen LogP contribution in [0.25, 0.3) is 0 Å². The first-order valence-corrected chi connectivity index (χ1v) is 6.32. The van der Waals surface area contributed by atoms with Crippen molar-refractivity contribution < 1.29 is 4.74 Å². The van der Waals surface area contributed by atoms with Crippen LogP contribution in [0.2, 0.25) is 0 Å². The number of hydrazine groups is 1. The third-order valence-corrected chi connectivity index (χ3v) is 3.37. The zero-order valence-electron chi connectivity index (χ0n) is 10.6. The Morgan fingerprint density at radius 3 is 2.94 bits per heavy atom. The lowest BCUT2D eigenvalue weighted by Crippen LogP contribution is -2.40. The van der Waals surface area contributed by atoms with Gasteiger partial charge in [-0.3, -0.25) is 10.5 Å². The average molecular weight is 238 g/mol. The normalized spacial score (nSPS) is 19.2. The molecule has 0 aliphatic heterocycles. The van der Waals surface area contributed by atoms with E-state index in [-0.39, 0.29) is 12.1 Å². The summed E-state index contributed by atoms with van der Waals surface area (Å²) in [6, 6.07) is 2.05. The zero-order valence-corrected chi connectivity index (χ0v) is 10.6. The van der Waals surface area contributed by atoms with Crippen molar-refractivity contribution in [2.24, 2.45) is 11.8 Å². The molecule has 1 aromatic heterocycles. The Balaban J connectivity index is 2.17. The summed E-state index contributed by atoms with van der Waals surface area (Å²) in [6.45, 7) is 3.06. The number of methoxy groups -OCH3 is 1. The van der Waals surface area contributed by atoms with E-state index in [2.05, 4.69) is 17.4 Å². The highest BCUT2D eigenvalue weighted by Gasteiger charge is 2.38. The summed E-state index contributed by atoms with van der Waals surface area (Å²) >= 11 is 0. The van der Waals surface area contributed by atoms with Crippen LogP contribution in [0.1, 0.15) is 37.9 Å². The van der Waals surface area contributed by atoms with Crippen LogP contribution in [0.4, 0.5) is 0 Å². The molecule has 2 atom stereocenters. The Morgan fingerprint density at radius 1 is 1.65 bits per heavy atom. The first-order valence-electron chi connectivity index (χ1n) is 6.32. The Labute approximate surface area is 102 Å². The molecule has 1 fully saturated rings. The lowest BCUT2D eigenvalue weighted by molar-refractivity contribution is 0.0479. The summed E-state index contributed by atoms with van der Waals surface area (Å²) in [5, 5.41) is 4.34. The molecule has 96 valence electrons. The van der Waals surface area contributed by atoms with Crippen LogP contribution >= 0.6 is 0 Å². The topological polar surface area (TPSA) is 65.1 Å². The molecule has 0 spiro atoms. The van der Waals surface area contributed by atoms with Gasteiger partial charge < -0.3 is 4.74 Å². The number of ether oxygens (including phenoxy) is 1. The van der Waals surface area contributed by atoms with Crippen LogP contribution in [0.3, 0.4) is 0 Å². The van der Waals surface area contributed by atoms with Gasteiger partial charge in [0.1, 0.15) is 0 Å². The minimum absolute atomic E-state index is 0.0292. The molecule has 2 rings (SSSR count). The number of nitrogens with two attached hydrogens (primary N) is 1.